The maximum absolute atomic E-state index is 12.4. The molecule has 27 heavy (non-hydrogen) atoms. The Morgan fingerprint density at radius 2 is 1.78 bits per heavy atom. The van der Waals surface area contributed by atoms with Gasteiger partial charge in [0.25, 0.3) is 0 Å². The summed E-state index contributed by atoms with van der Waals surface area (Å²) in [7, 11) is 1.98. The molecule has 0 N–H and O–H groups in total. The van der Waals surface area contributed by atoms with Crippen molar-refractivity contribution in [2.45, 2.75) is 51.4 Å². The number of piperazine rings is 1. The molecule has 0 bridgehead atoms. The van der Waals surface area contributed by atoms with Gasteiger partial charge < -0.3 is 9.80 Å². The van der Waals surface area contributed by atoms with Crippen LogP contribution in [0.1, 0.15) is 51.4 Å². The van der Waals surface area contributed by atoms with E-state index >= 15 is 0 Å². The maximum Gasteiger partial charge on any atom is 0.225 e. The van der Waals surface area contributed by atoms with Crippen LogP contribution >= 0.6 is 0 Å². The number of nitrogens with zero attached hydrogens (tertiary/aromatic N) is 5. The van der Waals surface area contributed by atoms with Crippen molar-refractivity contribution in [2.24, 2.45) is 5.92 Å². The van der Waals surface area contributed by atoms with Crippen LogP contribution in [0.5, 0.6) is 0 Å². The molecule has 6 nitrogen and oxygen atoms in total. The second-order valence-corrected chi connectivity index (χ2v) is 8.11. The van der Waals surface area contributed by atoms with Gasteiger partial charge in [-0.2, -0.15) is 0 Å². The van der Waals surface area contributed by atoms with Crippen LogP contribution in [-0.4, -0.2) is 72.0 Å². The molecule has 2 heterocycles. The fourth-order valence-corrected chi connectivity index (χ4v) is 4.23. The minimum Gasteiger partial charge on any atom is -0.346 e. The zero-order valence-electron chi connectivity index (χ0n) is 16.9. The molecule has 0 unspecified atom stereocenters. The molecule has 2 aliphatic rings. The summed E-state index contributed by atoms with van der Waals surface area (Å²) in [5.41, 5.74) is 0. The molecule has 1 aromatic heterocycles. The second kappa shape index (κ2) is 10.6. The van der Waals surface area contributed by atoms with Gasteiger partial charge in [0.15, 0.2) is 0 Å². The Kier molecular flexibility index (Phi) is 7.87. The third kappa shape index (κ3) is 6.45. The Labute approximate surface area is 164 Å². The van der Waals surface area contributed by atoms with Gasteiger partial charge in [-0.05, 0) is 44.2 Å². The standard InChI is InChI=1S/C21H35N5O/c1-24(20(27)18-19-8-3-2-4-9-19)12-5-6-13-25-14-16-26(17-15-25)21-22-10-7-11-23-21/h7,10-11,19H,2-6,8-9,12-18H2,1H3. The molecule has 0 aromatic carbocycles. The Morgan fingerprint density at radius 1 is 1.07 bits per heavy atom. The van der Waals surface area contributed by atoms with Gasteiger partial charge >= 0.3 is 0 Å². The summed E-state index contributed by atoms with van der Waals surface area (Å²) < 4.78 is 0. The molecule has 0 radical (unpaired) electrons. The van der Waals surface area contributed by atoms with E-state index in [9.17, 15) is 4.79 Å². The lowest BCUT2D eigenvalue weighted by Crippen LogP contribution is -2.47. The van der Waals surface area contributed by atoms with Gasteiger partial charge in [-0.3, -0.25) is 9.69 Å². The molecule has 3 rings (SSSR count). The molecule has 1 aliphatic carbocycles. The molecular formula is C21H35N5O. The summed E-state index contributed by atoms with van der Waals surface area (Å²) in [6.45, 7) is 6.12. The van der Waals surface area contributed by atoms with E-state index in [2.05, 4.69) is 19.8 Å². The molecule has 6 heteroatoms. The van der Waals surface area contributed by atoms with Gasteiger partial charge in [0.1, 0.15) is 0 Å². The van der Waals surface area contributed by atoms with Crippen molar-refractivity contribution in [3.63, 3.8) is 0 Å². The predicted octanol–water partition coefficient (Wildman–Crippen LogP) is 2.81. The number of hydrogen-bond donors (Lipinski definition) is 0. The lowest BCUT2D eigenvalue weighted by molar-refractivity contribution is -0.131. The van der Waals surface area contributed by atoms with Crippen molar-refractivity contribution in [3.8, 4) is 0 Å². The highest BCUT2D eigenvalue weighted by Gasteiger charge is 2.20. The van der Waals surface area contributed by atoms with Crippen LogP contribution in [0.3, 0.4) is 0 Å². The normalized spacial score (nSPS) is 19.2. The van der Waals surface area contributed by atoms with Crippen LogP contribution in [0, 0.1) is 5.92 Å². The van der Waals surface area contributed by atoms with Crippen LogP contribution in [0.25, 0.3) is 0 Å². The second-order valence-electron chi connectivity index (χ2n) is 8.11. The predicted molar refractivity (Wildman–Crippen MR) is 109 cm³/mol. The molecule has 1 aliphatic heterocycles. The van der Waals surface area contributed by atoms with E-state index in [1.165, 1.54) is 32.1 Å². The van der Waals surface area contributed by atoms with E-state index in [4.69, 9.17) is 0 Å². The van der Waals surface area contributed by atoms with Gasteiger partial charge in [-0.25, -0.2) is 9.97 Å². The van der Waals surface area contributed by atoms with E-state index in [1.807, 2.05) is 18.0 Å². The monoisotopic (exact) mass is 373 g/mol. The highest BCUT2D eigenvalue weighted by Crippen LogP contribution is 2.26. The smallest absolute Gasteiger partial charge is 0.225 e. The summed E-state index contributed by atoms with van der Waals surface area (Å²) in [4.78, 5) is 27.8. The molecule has 1 aromatic rings. The van der Waals surface area contributed by atoms with Crippen molar-refractivity contribution in [3.05, 3.63) is 18.5 Å². The van der Waals surface area contributed by atoms with Gasteiger partial charge in [0.2, 0.25) is 11.9 Å². The quantitative estimate of drug-likeness (QED) is 0.656. The Balaban J connectivity index is 1.26. The van der Waals surface area contributed by atoms with Crippen molar-refractivity contribution < 1.29 is 4.79 Å². The van der Waals surface area contributed by atoms with Crippen molar-refractivity contribution in [1.29, 1.82) is 0 Å². The van der Waals surface area contributed by atoms with E-state index in [-0.39, 0.29) is 0 Å². The Bertz CT molecular complexity index is 553. The minimum atomic E-state index is 0.346. The first-order chi connectivity index (χ1) is 13.2. The fourth-order valence-electron chi connectivity index (χ4n) is 4.23. The largest absolute Gasteiger partial charge is 0.346 e. The summed E-state index contributed by atoms with van der Waals surface area (Å²) in [5, 5.41) is 0. The van der Waals surface area contributed by atoms with Crippen molar-refractivity contribution >= 4 is 11.9 Å². The average Bonchev–Trinajstić information content (AvgIpc) is 2.73. The summed E-state index contributed by atoms with van der Waals surface area (Å²) in [6, 6.07) is 1.86. The van der Waals surface area contributed by atoms with Crippen molar-refractivity contribution in [1.82, 2.24) is 19.8 Å². The van der Waals surface area contributed by atoms with E-state index in [0.717, 1.165) is 64.5 Å². The van der Waals surface area contributed by atoms with Crippen LogP contribution in [-0.2, 0) is 4.79 Å². The first kappa shape index (κ1) is 20.1. The number of carbonyl (C=O) groups excluding carboxylic acids is 1. The number of aromatic nitrogens is 2. The maximum atomic E-state index is 12.4. The van der Waals surface area contributed by atoms with Gasteiger partial charge in [0, 0.05) is 58.6 Å². The summed E-state index contributed by atoms with van der Waals surface area (Å²) in [6.07, 6.45) is 13.1. The number of hydrogen-bond acceptors (Lipinski definition) is 5. The zero-order valence-corrected chi connectivity index (χ0v) is 16.9. The van der Waals surface area contributed by atoms with E-state index < -0.39 is 0 Å². The molecule has 0 atom stereocenters. The zero-order chi connectivity index (χ0) is 18.9. The van der Waals surface area contributed by atoms with Crippen LogP contribution in [0.2, 0.25) is 0 Å². The number of carbonyl (C=O) groups is 1. The number of anilines is 1. The third-order valence-corrected chi connectivity index (χ3v) is 6.04. The fraction of sp³-hybridized carbons (Fsp3) is 0.762. The molecular weight excluding hydrogens is 338 g/mol. The molecule has 1 amide bonds. The highest BCUT2D eigenvalue weighted by atomic mass is 16.2. The number of unbranched alkanes of at least 4 members (excludes halogenated alkanes) is 1. The number of rotatable bonds is 8. The number of amides is 1. The molecule has 1 saturated carbocycles. The third-order valence-electron chi connectivity index (χ3n) is 6.04. The topological polar surface area (TPSA) is 52.6 Å². The summed E-state index contributed by atoms with van der Waals surface area (Å²) >= 11 is 0. The summed E-state index contributed by atoms with van der Waals surface area (Å²) in [5.74, 6) is 1.83. The Morgan fingerprint density at radius 3 is 2.48 bits per heavy atom. The highest BCUT2D eigenvalue weighted by molar-refractivity contribution is 5.76. The molecule has 1 saturated heterocycles. The molecule has 2 fully saturated rings. The van der Waals surface area contributed by atoms with E-state index in [1.54, 1.807) is 12.4 Å². The van der Waals surface area contributed by atoms with Crippen molar-refractivity contribution in [2.75, 3.05) is 51.2 Å². The molecule has 0 spiro atoms. The van der Waals surface area contributed by atoms with Gasteiger partial charge in [0.05, 0.1) is 0 Å². The lowest BCUT2D eigenvalue weighted by atomic mass is 9.87. The average molecular weight is 374 g/mol. The van der Waals surface area contributed by atoms with Gasteiger partial charge in [-0.1, -0.05) is 19.3 Å². The minimum absolute atomic E-state index is 0.346. The van der Waals surface area contributed by atoms with Gasteiger partial charge in [-0.15, -0.1) is 0 Å². The lowest BCUT2D eigenvalue weighted by Gasteiger charge is -2.34. The molecule has 150 valence electrons. The first-order valence-electron chi connectivity index (χ1n) is 10.7. The van der Waals surface area contributed by atoms with Crippen LogP contribution < -0.4 is 4.90 Å². The van der Waals surface area contributed by atoms with Crippen LogP contribution in [0.4, 0.5) is 5.95 Å². The van der Waals surface area contributed by atoms with Crippen LogP contribution in [0.15, 0.2) is 18.5 Å². The first-order valence-corrected chi connectivity index (χ1v) is 10.7. The van der Waals surface area contributed by atoms with E-state index in [0.29, 0.717) is 11.8 Å². The Hall–Kier alpha value is -1.69. The SMILES string of the molecule is CN(CCCCN1CCN(c2ncccn2)CC1)C(=O)CC1CCCCC1.